The van der Waals surface area contributed by atoms with Crippen LogP contribution in [0.25, 0.3) is 6.08 Å². The van der Waals surface area contributed by atoms with E-state index in [1.807, 2.05) is 0 Å². The number of morpholine rings is 1. The summed E-state index contributed by atoms with van der Waals surface area (Å²) in [6, 6.07) is 4.67. The minimum Gasteiger partial charge on any atom is -0.507 e. The van der Waals surface area contributed by atoms with Crippen molar-refractivity contribution in [1.82, 2.24) is 4.90 Å². The van der Waals surface area contributed by atoms with Crippen LogP contribution >= 0.6 is 22.6 Å². The molecule has 1 N–H and O–H groups in total. The first-order valence-electron chi connectivity index (χ1n) is 6.15. The van der Waals surface area contributed by atoms with Gasteiger partial charge in [0.25, 0.3) is 0 Å². The highest BCUT2D eigenvalue weighted by molar-refractivity contribution is 14.1. The van der Waals surface area contributed by atoms with Gasteiger partial charge in [0, 0.05) is 41.8 Å². The first-order valence-corrected chi connectivity index (χ1v) is 7.23. The second-order valence-electron chi connectivity index (χ2n) is 4.32. The summed E-state index contributed by atoms with van der Waals surface area (Å²) in [6.07, 6.45) is 3.11. The van der Waals surface area contributed by atoms with Crippen LogP contribution in [0.1, 0.15) is 15.9 Å². The van der Waals surface area contributed by atoms with Crippen molar-refractivity contribution in [3.63, 3.8) is 0 Å². The summed E-state index contributed by atoms with van der Waals surface area (Å²) in [5.74, 6) is -0.134. The SMILES string of the molecule is O=C(I)c1cc(/C=C/C(=O)N2CCOCC2)ccc1O. The molecule has 1 saturated heterocycles. The fourth-order valence-corrected chi connectivity index (χ4v) is 2.30. The summed E-state index contributed by atoms with van der Waals surface area (Å²) in [4.78, 5) is 25.0. The van der Waals surface area contributed by atoms with Crippen molar-refractivity contribution in [3.8, 4) is 5.75 Å². The van der Waals surface area contributed by atoms with E-state index in [9.17, 15) is 14.7 Å². The maximum Gasteiger partial charge on any atom is 0.246 e. The molecule has 106 valence electrons. The van der Waals surface area contributed by atoms with Gasteiger partial charge in [-0.3, -0.25) is 9.59 Å². The summed E-state index contributed by atoms with van der Waals surface area (Å²) in [7, 11) is 0. The molecule has 0 radical (unpaired) electrons. The quantitative estimate of drug-likeness (QED) is 0.489. The number of halogens is 1. The third-order valence-electron chi connectivity index (χ3n) is 2.97. The molecule has 0 spiro atoms. The second-order valence-corrected chi connectivity index (χ2v) is 5.30. The molecule has 6 heteroatoms. The monoisotopic (exact) mass is 387 g/mol. The summed E-state index contributed by atoms with van der Waals surface area (Å²) < 4.78 is 4.94. The Hall–Kier alpha value is -1.41. The van der Waals surface area contributed by atoms with E-state index >= 15 is 0 Å². The van der Waals surface area contributed by atoms with Gasteiger partial charge in [-0.1, -0.05) is 6.07 Å². The number of phenols is 1. The van der Waals surface area contributed by atoms with E-state index in [2.05, 4.69) is 0 Å². The number of nitrogens with zero attached hydrogens (tertiary/aromatic N) is 1. The molecule has 1 aliphatic rings. The molecule has 1 aromatic carbocycles. The lowest BCUT2D eigenvalue weighted by Gasteiger charge is -2.25. The summed E-state index contributed by atoms with van der Waals surface area (Å²) in [5, 5.41) is 9.55. The highest BCUT2D eigenvalue weighted by atomic mass is 127. The molecule has 0 bridgehead atoms. The van der Waals surface area contributed by atoms with E-state index in [0.29, 0.717) is 31.9 Å². The van der Waals surface area contributed by atoms with Crippen molar-refractivity contribution in [2.75, 3.05) is 26.3 Å². The molecule has 1 heterocycles. The topological polar surface area (TPSA) is 66.8 Å². The molecule has 0 aliphatic carbocycles. The number of hydrogen-bond donors (Lipinski definition) is 1. The number of benzene rings is 1. The molecule has 0 unspecified atom stereocenters. The van der Waals surface area contributed by atoms with Crippen LogP contribution in [0.4, 0.5) is 0 Å². The van der Waals surface area contributed by atoms with Crippen LogP contribution in [-0.2, 0) is 9.53 Å². The predicted molar refractivity (Wildman–Crippen MR) is 82.9 cm³/mol. The normalized spacial score (nSPS) is 15.6. The van der Waals surface area contributed by atoms with Crippen LogP contribution in [0.3, 0.4) is 0 Å². The molecule has 0 atom stereocenters. The molecule has 0 aromatic heterocycles. The van der Waals surface area contributed by atoms with Crippen molar-refractivity contribution < 1.29 is 19.4 Å². The molecule has 2 rings (SSSR count). The number of aromatic hydroxyl groups is 1. The largest absolute Gasteiger partial charge is 0.507 e. The highest BCUT2D eigenvalue weighted by Crippen LogP contribution is 2.22. The predicted octanol–water partition coefficient (Wildman–Crippen LogP) is 1.84. The van der Waals surface area contributed by atoms with Gasteiger partial charge in [-0.05, 0) is 23.8 Å². The first kappa shape index (κ1) is 15.0. The lowest BCUT2D eigenvalue weighted by Crippen LogP contribution is -2.39. The van der Waals surface area contributed by atoms with Crippen LogP contribution in [0, 0.1) is 0 Å². The minimum absolute atomic E-state index is 0.0546. The van der Waals surface area contributed by atoms with Crippen LogP contribution < -0.4 is 0 Å². The van der Waals surface area contributed by atoms with E-state index in [4.69, 9.17) is 4.74 Å². The third kappa shape index (κ3) is 3.80. The van der Waals surface area contributed by atoms with Crippen LogP contribution in [0.2, 0.25) is 0 Å². The van der Waals surface area contributed by atoms with Crippen molar-refractivity contribution in [1.29, 1.82) is 0 Å². The fourth-order valence-electron chi connectivity index (χ4n) is 1.87. The van der Waals surface area contributed by atoms with Gasteiger partial charge < -0.3 is 14.7 Å². The molecular weight excluding hydrogens is 373 g/mol. The fraction of sp³-hybridized carbons (Fsp3) is 0.286. The van der Waals surface area contributed by atoms with Crippen LogP contribution in [0.15, 0.2) is 24.3 Å². The lowest BCUT2D eigenvalue weighted by molar-refractivity contribution is -0.129. The Morgan fingerprint density at radius 3 is 2.65 bits per heavy atom. The van der Waals surface area contributed by atoms with Crippen molar-refractivity contribution >= 4 is 38.4 Å². The average molecular weight is 387 g/mol. The average Bonchev–Trinajstić information content (AvgIpc) is 2.46. The van der Waals surface area contributed by atoms with E-state index in [-0.39, 0.29) is 21.0 Å². The second kappa shape index (κ2) is 6.85. The zero-order valence-corrected chi connectivity index (χ0v) is 12.9. The molecule has 1 amide bonds. The van der Waals surface area contributed by atoms with Gasteiger partial charge in [-0.2, -0.15) is 0 Å². The van der Waals surface area contributed by atoms with E-state index < -0.39 is 0 Å². The molecule has 1 aromatic rings. The minimum atomic E-state index is -0.241. The van der Waals surface area contributed by atoms with Gasteiger partial charge in [0.15, 0.2) is 0 Å². The molecule has 0 saturated carbocycles. The van der Waals surface area contributed by atoms with Crippen molar-refractivity contribution in [2.24, 2.45) is 0 Å². The van der Waals surface area contributed by atoms with Gasteiger partial charge in [-0.15, -0.1) is 0 Å². The Balaban J connectivity index is 2.09. The van der Waals surface area contributed by atoms with Crippen LogP contribution in [0.5, 0.6) is 5.75 Å². The lowest BCUT2D eigenvalue weighted by atomic mass is 10.1. The number of ether oxygens (including phenoxy) is 1. The van der Waals surface area contributed by atoms with Gasteiger partial charge in [0.1, 0.15) is 5.75 Å². The highest BCUT2D eigenvalue weighted by Gasteiger charge is 2.14. The number of phenolic OH excluding ortho intramolecular Hbond substituents is 1. The maximum atomic E-state index is 11.9. The zero-order valence-electron chi connectivity index (χ0n) is 10.7. The Labute approximate surface area is 130 Å². The molecular formula is C14H14INO4. The number of hydrogen-bond acceptors (Lipinski definition) is 4. The van der Waals surface area contributed by atoms with E-state index in [1.54, 1.807) is 45.7 Å². The van der Waals surface area contributed by atoms with E-state index in [0.717, 1.165) is 0 Å². The van der Waals surface area contributed by atoms with Crippen molar-refractivity contribution in [2.45, 2.75) is 0 Å². The standard InChI is InChI=1S/C14H14INO4/c15-14(19)11-9-10(1-3-12(11)17)2-4-13(18)16-5-7-20-8-6-16/h1-4,9,17H,5-8H2/b4-2+. The smallest absolute Gasteiger partial charge is 0.246 e. The first-order chi connectivity index (χ1) is 9.58. The Morgan fingerprint density at radius 2 is 2.00 bits per heavy atom. The summed E-state index contributed by atoms with van der Waals surface area (Å²) in [5.41, 5.74) is 0.941. The molecule has 1 fully saturated rings. The summed E-state index contributed by atoms with van der Waals surface area (Å²) >= 11 is 1.62. The van der Waals surface area contributed by atoms with Gasteiger partial charge in [-0.25, -0.2) is 0 Å². The molecule has 5 nitrogen and oxygen atoms in total. The van der Waals surface area contributed by atoms with E-state index in [1.165, 1.54) is 12.1 Å². The molecule has 1 aliphatic heterocycles. The Morgan fingerprint density at radius 1 is 1.30 bits per heavy atom. The zero-order chi connectivity index (χ0) is 14.5. The van der Waals surface area contributed by atoms with Gasteiger partial charge in [0.2, 0.25) is 9.70 Å². The van der Waals surface area contributed by atoms with Crippen LogP contribution in [-0.4, -0.2) is 46.0 Å². The number of rotatable bonds is 3. The maximum absolute atomic E-state index is 11.9. The number of carbonyl (C=O) groups excluding carboxylic acids is 2. The Bertz CT molecular complexity index is 550. The number of carbonyl (C=O) groups is 2. The summed E-state index contributed by atoms with van der Waals surface area (Å²) in [6.45, 7) is 2.31. The van der Waals surface area contributed by atoms with Gasteiger partial charge >= 0.3 is 0 Å². The van der Waals surface area contributed by atoms with Gasteiger partial charge in [0.05, 0.1) is 18.8 Å². The third-order valence-corrected chi connectivity index (χ3v) is 3.55. The Kier molecular flexibility index (Phi) is 5.13. The number of amides is 1. The van der Waals surface area contributed by atoms with Crippen molar-refractivity contribution in [3.05, 3.63) is 35.4 Å². The molecule has 20 heavy (non-hydrogen) atoms.